The number of nitrogens with zero attached hydrogens (tertiary/aromatic N) is 5. The minimum absolute atomic E-state index is 0.0659. The number of alkyl halides is 2. The largest absolute Gasteiger partial charge is 0.480 e. The molecule has 1 saturated heterocycles. The van der Waals surface area contributed by atoms with E-state index in [1.807, 2.05) is 4.90 Å². The highest BCUT2D eigenvalue weighted by Gasteiger charge is 2.38. The lowest BCUT2D eigenvalue weighted by molar-refractivity contribution is -0.144. The molecule has 38 heavy (non-hydrogen) atoms. The lowest BCUT2D eigenvalue weighted by atomic mass is 9.89. The number of hydrogen-bond acceptors (Lipinski definition) is 7. The highest BCUT2D eigenvalue weighted by molar-refractivity contribution is 5.79. The van der Waals surface area contributed by atoms with Gasteiger partial charge in [0.05, 0.1) is 5.69 Å². The minimum Gasteiger partial charge on any atom is -0.480 e. The zero-order valence-corrected chi connectivity index (χ0v) is 20.4. The highest BCUT2D eigenvalue weighted by atomic mass is 19.3. The predicted octanol–water partition coefficient (Wildman–Crippen LogP) is 3.81. The molecule has 5 rings (SSSR count). The molecule has 9 nitrogen and oxygen atoms in total. The van der Waals surface area contributed by atoms with Crippen LogP contribution in [0.25, 0.3) is 16.8 Å². The Hall–Kier alpha value is -4.19. The first kappa shape index (κ1) is 25.5. The Labute approximate surface area is 215 Å². The molecule has 0 atom stereocenters. The van der Waals surface area contributed by atoms with Gasteiger partial charge in [-0.3, -0.25) is 4.79 Å². The number of aryl methyl sites for hydroxylation is 1. The number of carboxylic acid groups (broad SMARTS) is 1. The molecular weight excluding hydrogens is 501 g/mol. The van der Waals surface area contributed by atoms with Crippen LogP contribution < -0.4 is 15.4 Å². The van der Waals surface area contributed by atoms with Crippen molar-refractivity contribution >= 4 is 17.6 Å². The summed E-state index contributed by atoms with van der Waals surface area (Å²) in [5.41, 5.74) is 7.59. The summed E-state index contributed by atoms with van der Waals surface area (Å²) in [6, 6.07) is 7.81. The van der Waals surface area contributed by atoms with Gasteiger partial charge in [0, 0.05) is 66.6 Å². The summed E-state index contributed by atoms with van der Waals surface area (Å²) < 4.78 is 47.3. The van der Waals surface area contributed by atoms with Crippen molar-refractivity contribution in [2.45, 2.75) is 38.3 Å². The first-order chi connectivity index (χ1) is 18.1. The number of nitrogens with two attached hydrogens (primary N) is 1. The van der Waals surface area contributed by atoms with Crippen LogP contribution in [-0.2, 0) is 11.2 Å². The molecule has 198 valence electrons. The SMILES string of the molecule is Cc1nc2cc(F)c(-c3cnc(N4CCC(N)(C(=O)O)CC4)nc3)cn2c1Cc1ccccc1OC(F)F. The number of aromatic nitrogens is 4. The van der Waals surface area contributed by atoms with Gasteiger partial charge in [-0.2, -0.15) is 8.78 Å². The summed E-state index contributed by atoms with van der Waals surface area (Å²) >= 11 is 0. The minimum atomic E-state index is -2.96. The maximum Gasteiger partial charge on any atom is 0.387 e. The fourth-order valence-electron chi connectivity index (χ4n) is 4.64. The van der Waals surface area contributed by atoms with E-state index in [1.165, 1.54) is 24.5 Å². The summed E-state index contributed by atoms with van der Waals surface area (Å²) in [5, 5.41) is 9.32. The van der Waals surface area contributed by atoms with Gasteiger partial charge in [-0.05, 0) is 25.8 Å². The van der Waals surface area contributed by atoms with Gasteiger partial charge in [0.25, 0.3) is 0 Å². The monoisotopic (exact) mass is 526 g/mol. The molecule has 1 fully saturated rings. The van der Waals surface area contributed by atoms with Crippen LogP contribution >= 0.6 is 0 Å². The molecule has 3 N–H and O–H groups in total. The smallest absolute Gasteiger partial charge is 0.387 e. The van der Waals surface area contributed by atoms with E-state index in [1.54, 1.807) is 35.7 Å². The Kier molecular flexibility index (Phi) is 6.66. The Balaban J connectivity index is 1.43. The number of rotatable bonds is 7. The molecule has 0 amide bonds. The number of benzene rings is 1. The molecule has 0 bridgehead atoms. The molecule has 1 aromatic carbocycles. The van der Waals surface area contributed by atoms with Gasteiger partial charge < -0.3 is 24.9 Å². The molecule has 12 heteroatoms. The fourth-order valence-corrected chi connectivity index (χ4v) is 4.64. The van der Waals surface area contributed by atoms with E-state index in [4.69, 9.17) is 5.73 Å². The molecule has 0 spiro atoms. The van der Waals surface area contributed by atoms with Crippen molar-refractivity contribution in [2.24, 2.45) is 5.73 Å². The topological polar surface area (TPSA) is 119 Å². The van der Waals surface area contributed by atoms with Crippen LogP contribution in [-0.4, -0.2) is 55.7 Å². The lowest BCUT2D eigenvalue weighted by Gasteiger charge is -2.36. The van der Waals surface area contributed by atoms with Crippen molar-refractivity contribution < 1.29 is 27.8 Å². The van der Waals surface area contributed by atoms with Crippen molar-refractivity contribution in [3.8, 4) is 16.9 Å². The highest BCUT2D eigenvalue weighted by Crippen LogP contribution is 2.29. The number of imidazole rings is 1. The summed E-state index contributed by atoms with van der Waals surface area (Å²) in [7, 11) is 0. The third-order valence-electron chi connectivity index (χ3n) is 6.87. The number of pyridine rings is 1. The number of aliphatic carboxylic acids is 1. The van der Waals surface area contributed by atoms with E-state index in [0.717, 1.165) is 0 Å². The number of carbonyl (C=O) groups is 1. The zero-order valence-electron chi connectivity index (χ0n) is 20.4. The first-order valence-electron chi connectivity index (χ1n) is 11.9. The Morgan fingerprint density at radius 3 is 2.55 bits per heavy atom. The molecule has 0 aliphatic carbocycles. The summed E-state index contributed by atoms with van der Waals surface area (Å²) in [4.78, 5) is 26.4. The number of piperidine rings is 1. The number of hydrogen-bond donors (Lipinski definition) is 2. The van der Waals surface area contributed by atoms with Gasteiger partial charge in [-0.15, -0.1) is 0 Å². The second-order valence-electron chi connectivity index (χ2n) is 9.29. The number of halogens is 3. The Morgan fingerprint density at radius 2 is 1.89 bits per heavy atom. The number of carboxylic acids is 1. The third-order valence-corrected chi connectivity index (χ3v) is 6.87. The molecule has 0 radical (unpaired) electrons. The Morgan fingerprint density at radius 1 is 1.21 bits per heavy atom. The molecular formula is C26H25F3N6O3. The predicted molar refractivity (Wildman–Crippen MR) is 133 cm³/mol. The van der Waals surface area contributed by atoms with Crippen LogP contribution in [0.3, 0.4) is 0 Å². The van der Waals surface area contributed by atoms with Crippen molar-refractivity contribution in [3.63, 3.8) is 0 Å². The maximum atomic E-state index is 15.1. The van der Waals surface area contributed by atoms with Gasteiger partial charge >= 0.3 is 12.6 Å². The van der Waals surface area contributed by atoms with E-state index >= 15 is 4.39 Å². The van der Waals surface area contributed by atoms with Gasteiger partial charge in [-0.25, -0.2) is 19.3 Å². The van der Waals surface area contributed by atoms with Crippen molar-refractivity contribution in [1.29, 1.82) is 0 Å². The first-order valence-corrected chi connectivity index (χ1v) is 11.9. The van der Waals surface area contributed by atoms with Gasteiger partial charge in [0.2, 0.25) is 5.95 Å². The molecule has 1 aliphatic rings. The van der Waals surface area contributed by atoms with Crippen LogP contribution in [0.4, 0.5) is 19.1 Å². The average molecular weight is 527 g/mol. The molecule has 1 aliphatic heterocycles. The Bertz CT molecular complexity index is 1480. The molecule has 0 saturated carbocycles. The quantitative estimate of drug-likeness (QED) is 0.373. The molecule has 3 aromatic heterocycles. The lowest BCUT2D eigenvalue weighted by Crippen LogP contribution is -2.55. The second-order valence-corrected chi connectivity index (χ2v) is 9.29. The zero-order chi connectivity index (χ0) is 27.0. The number of anilines is 1. The van der Waals surface area contributed by atoms with Crippen molar-refractivity contribution in [1.82, 2.24) is 19.4 Å². The van der Waals surface area contributed by atoms with Crippen LogP contribution in [0, 0.1) is 12.7 Å². The normalized spacial score (nSPS) is 15.3. The van der Waals surface area contributed by atoms with E-state index in [0.29, 0.717) is 47.2 Å². The fraction of sp³-hybridized carbons (Fsp3) is 0.308. The summed E-state index contributed by atoms with van der Waals surface area (Å²) in [6.07, 6.45) is 5.35. The average Bonchev–Trinajstić information content (AvgIpc) is 3.18. The molecule has 4 heterocycles. The van der Waals surface area contributed by atoms with E-state index in [-0.39, 0.29) is 30.6 Å². The maximum absolute atomic E-state index is 15.1. The third kappa shape index (κ3) is 4.86. The van der Waals surface area contributed by atoms with Gasteiger partial charge in [0.1, 0.15) is 22.8 Å². The van der Waals surface area contributed by atoms with Crippen LogP contribution in [0.15, 0.2) is 48.9 Å². The van der Waals surface area contributed by atoms with Crippen LogP contribution in [0.5, 0.6) is 5.75 Å². The van der Waals surface area contributed by atoms with Crippen molar-refractivity contribution in [3.05, 3.63) is 71.7 Å². The molecule has 4 aromatic rings. The standard InChI is InChI=1S/C26H25F3N6O3/c1-15-20(10-16-4-2-3-5-21(16)38-24(28)29)35-14-18(19(27)11-22(35)33-15)17-12-31-25(32-13-17)34-8-6-26(30,7-9-34)23(36)37/h2-5,11-14,24H,6-10,30H2,1H3,(H,36,37). The van der Waals surface area contributed by atoms with Gasteiger partial charge in [0.15, 0.2) is 0 Å². The second kappa shape index (κ2) is 9.93. The van der Waals surface area contributed by atoms with E-state index in [9.17, 15) is 18.7 Å². The van der Waals surface area contributed by atoms with E-state index < -0.39 is 23.9 Å². The number of para-hydroxylation sites is 1. The van der Waals surface area contributed by atoms with Crippen LogP contribution in [0.1, 0.15) is 29.8 Å². The van der Waals surface area contributed by atoms with Crippen LogP contribution in [0.2, 0.25) is 0 Å². The number of fused-ring (bicyclic) bond motifs is 1. The summed E-state index contributed by atoms with van der Waals surface area (Å²) in [5.74, 6) is -1.08. The van der Waals surface area contributed by atoms with Gasteiger partial charge in [-0.1, -0.05) is 18.2 Å². The number of ether oxygens (including phenoxy) is 1. The summed E-state index contributed by atoms with van der Waals surface area (Å²) in [6.45, 7) is -0.413. The molecule has 0 unspecified atom stereocenters. The van der Waals surface area contributed by atoms with Crippen molar-refractivity contribution in [2.75, 3.05) is 18.0 Å². The van der Waals surface area contributed by atoms with E-state index in [2.05, 4.69) is 19.7 Å².